The number of ether oxygens (including phenoxy) is 1. The second kappa shape index (κ2) is 13.0. The minimum atomic E-state index is -3.62. The summed E-state index contributed by atoms with van der Waals surface area (Å²) in [5.41, 5.74) is 1.93. The zero-order chi connectivity index (χ0) is 26.8. The highest BCUT2D eigenvalue weighted by molar-refractivity contribution is 7.92. The molecule has 0 spiro atoms. The van der Waals surface area contributed by atoms with Crippen LogP contribution in [0.5, 0.6) is 5.75 Å². The molecule has 0 radical (unpaired) electrons. The highest BCUT2D eigenvalue weighted by Gasteiger charge is 2.22. The first-order chi connectivity index (χ1) is 17.8. The molecular formula is C24H31N8O3S2+. The van der Waals surface area contributed by atoms with Gasteiger partial charge in [0.05, 0.1) is 41.8 Å². The number of aromatic nitrogens is 2. The quantitative estimate of drug-likeness (QED) is 0.226. The molecule has 3 rings (SSSR count). The number of rotatable bonds is 13. The van der Waals surface area contributed by atoms with E-state index in [-0.39, 0.29) is 23.5 Å². The molecule has 1 aromatic heterocycles. The number of nitriles is 1. The molecule has 37 heavy (non-hydrogen) atoms. The summed E-state index contributed by atoms with van der Waals surface area (Å²) in [5, 5.41) is 26.7. The summed E-state index contributed by atoms with van der Waals surface area (Å²) in [7, 11) is 1.64. The second-order valence-electron chi connectivity index (χ2n) is 8.23. The van der Waals surface area contributed by atoms with E-state index in [0.29, 0.717) is 34.7 Å². The molecule has 13 heteroatoms. The zero-order valence-corrected chi connectivity index (χ0v) is 22.9. The van der Waals surface area contributed by atoms with Crippen LogP contribution in [0.25, 0.3) is 0 Å². The number of sulfonamides is 1. The number of anilines is 4. The molecule has 196 valence electrons. The average Bonchev–Trinajstić information content (AvgIpc) is 3.29. The van der Waals surface area contributed by atoms with Crippen molar-refractivity contribution in [1.82, 2.24) is 5.10 Å². The van der Waals surface area contributed by atoms with Crippen molar-refractivity contribution in [2.75, 3.05) is 41.9 Å². The smallest absolute Gasteiger partial charge is 0.432 e. The summed E-state index contributed by atoms with van der Waals surface area (Å²) in [4.78, 5) is 1.84. The maximum absolute atomic E-state index is 12.8. The van der Waals surface area contributed by atoms with Gasteiger partial charge in [-0.1, -0.05) is 36.6 Å². The molecule has 3 aromatic rings. The molecule has 0 bridgehead atoms. The van der Waals surface area contributed by atoms with Crippen LogP contribution in [-0.2, 0) is 16.6 Å². The lowest BCUT2D eigenvalue weighted by atomic mass is 10.2. The Bertz CT molecular complexity index is 1370. The summed E-state index contributed by atoms with van der Waals surface area (Å²) >= 11 is 1.31. The first-order valence-electron chi connectivity index (χ1n) is 11.7. The van der Waals surface area contributed by atoms with Gasteiger partial charge in [-0.3, -0.25) is 4.72 Å². The van der Waals surface area contributed by atoms with Crippen molar-refractivity contribution >= 4 is 54.4 Å². The average molecular weight is 544 g/mol. The van der Waals surface area contributed by atoms with Gasteiger partial charge in [-0.2, -0.15) is 5.26 Å². The highest BCUT2D eigenvalue weighted by Crippen LogP contribution is 2.39. The van der Waals surface area contributed by atoms with Gasteiger partial charge in [-0.15, -0.1) is 4.68 Å². The molecule has 0 amide bonds. The van der Waals surface area contributed by atoms with Gasteiger partial charge in [0.1, 0.15) is 18.0 Å². The van der Waals surface area contributed by atoms with Crippen molar-refractivity contribution < 1.29 is 17.8 Å². The van der Waals surface area contributed by atoms with E-state index in [1.54, 1.807) is 16.8 Å². The molecule has 0 aliphatic carbocycles. The number of nitrogens with one attached hydrogen (secondary N) is 2. The molecule has 0 saturated carbocycles. The second-order valence-corrected chi connectivity index (χ2v) is 11.0. The summed E-state index contributed by atoms with van der Waals surface area (Å²) in [6.07, 6.45) is 1.55. The summed E-state index contributed by atoms with van der Waals surface area (Å²) in [6, 6.07) is 14.9. The number of methoxy groups -OCH3 is 1. The van der Waals surface area contributed by atoms with Gasteiger partial charge in [0, 0.05) is 25.8 Å². The van der Waals surface area contributed by atoms with Gasteiger partial charge >= 0.3 is 5.13 Å². The van der Waals surface area contributed by atoms with E-state index in [2.05, 4.69) is 31.4 Å². The zero-order valence-electron chi connectivity index (χ0n) is 21.3. The fraction of sp³-hybridized carbons (Fsp3) is 0.375. The number of aryl methyl sites for hydroxylation is 1. The summed E-state index contributed by atoms with van der Waals surface area (Å²) in [6.45, 7) is 2.29. The van der Waals surface area contributed by atoms with E-state index in [9.17, 15) is 8.42 Å². The van der Waals surface area contributed by atoms with Crippen LogP contribution in [0, 0.1) is 11.3 Å². The standard InChI is InChI=1S/C24H30N8O3S2/c1-5-6-15-37(33,34)30-20-16-21(26-18-11-8-7-9-12-18)22(35-4)17-19(20)27-28-23-32(14-10-13-25)29-24(36-23)31(2)3/h7-9,11-12,16-17H,5-6,10,14-15H2,1-4H3,(H,26,30)/p+1. The molecule has 0 aliphatic heterocycles. The number of unbranched alkanes of at least 4 members (excludes halogenated alkanes) is 1. The monoisotopic (exact) mass is 543 g/mol. The number of benzene rings is 2. The Morgan fingerprint density at radius 3 is 2.59 bits per heavy atom. The number of hydrogen-bond acceptors (Lipinski definition) is 10. The van der Waals surface area contributed by atoms with Gasteiger partial charge < -0.3 is 15.0 Å². The van der Waals surface area contributed by atoms with Crippen molar-refractivity contribution in [3.8, 4) is 11.8 Å². The van der Waals surface area contributed by atoms with Crippen molar-refractivity contribution in [3.05, 3.63) is 42.5 Å². The molecule has 1 heterocycles. The Balaban J connectivity index is 2.06. The first-order valence-corrected chi connectivity index (χ1v) is 14.1. The number of hydrogen-bond donors (Lipinski definition) is 2. The number of para-hydroxylation sites is 1. The molecule has 2 aromatic carbocycles. The fourth-order valence-electron chi connectivity index (χ4n) is 3.18. The van der Waals surface area contributed by atoms with Crippen molar-refractivity contribution in [1.29, 1.82) is 5.26 Å². The molecule has 11 nitrogen and oxygen atoms in total. The van der Waals surface area contributed by atoms with E-state index >= 15 is 0 Å². The topological polar surface area (TPSA) is 136 Å². The van der Waals surface area contributed by atoms with Crippen LogP contribution >= 0.6 is 11.3 Å². The van der Waals surface area contributed by atoms with Crippen LogP contribution in [0.1, 0.15) is 26.2 Å². The van der Waals surface area contributed by atoms with Gasteiger partial charge in [0.15, 0.2) is 0 Å². The summed E-state index contributed by atoms with van der Waals surface area (Å²) in [5.74, 6) is 0.452. The molecule has 0 unspecified atom stereocenters. The third kappa shape index (κ3) is 7.86. The predicted octanol–water partition coefficient (Wildman–Crippen LogP) is 5.12. The van der Waals surface area contributed by atoms with E-state index in [4.69, 9.17) is 10.00 Å². The predicted molar refractivity (Wildman–Crippen MR) is 146 cm³/mol. The Morgan fingerprint density at radius 1 is 1.19 bits per heavy atom. The lowest BCUT2D eigenvalue weighted by Crippen LogP contribution is -2.35. The van der Waals surface area contributed by atoms with Crippen LogP contribution in [0.4, 0.5) is 33.0 Å². The maximum atomic E-state index is 12.8. The minimum absolute atomic E-state index is 0.0112. The molecule has 0 aliphatic rings. The highest BCUT2D eigenvalue weighted by atomic mass is 32.2. The van der Waals surface area contributed by atoms with Crippen LogP contribution in [0.2, 0.25) is 0 Å². The van der Waals surface area contributed by atoms with Gasteiger partial charge in [0.25, 0.3) is 0 Å². The van der Waals surface area contributed by atoms with E-state index in [1.165, 1.54) is 18.4 Å². The first kappa shape index (κ1) is 27.8. The van der Waals surface area contributed by atoms with Gasteiger partial charge in [0.2, 0.25) is 15.2 Å². The molecular weight excluding hydrogens is 512 g/mol. The third-order valence-corrected chi connectivity index (χ3v) is 7.53. The largest absolute Gasteiger partial charge is 0.494 e. The molecule has 0 atom stereocenters. The Hall–Kier alpha value is -3.76. The van der Waals surface area contributed by atoms with Crippen LogP contribution in [0.15, 0.2) is 52.7 Å². The van der Waals surface area contributed by atoms with Crippen LogP contribution in [0.3, 0.4) is 0 Å². The van der Waals surface area contributed by atoms with Crippen molar-refractivity contribution in [2.45, 2.75) is 32.7 Å². The summed E-state index contributed by atoms with van der Waals surface area (Å²) < 4.78 is 35.4. The lowest BCUT2D eigenvalue weighted by molar-refractivity contribution is -0.735. The number of azo groups is 1. The van der Waals surface area contributed by atoms with E-state index in [0.717, 1.165) is 12.1 Å². The van der Waals surface area contributed by atoms with Crippen LogP contribution < -0.4 is 24.4 Å². The normalized spacial score (nSPS) is 11.3. The van der Waals surface area contributed by atoms with Crippen molar-refractivity contribution in [3.63, 3.8) is 0 Å². The SMILES string of the molecule is CCCCS(=O)(=O)Nc1cc(Nc2ccccc2)c(OC)cc1N=Nc1sc(N(C)C)n[n+]1CCC#N. The molecule has 0 saturated heterocycles. The third-order valence-electron chi connectivity index (χ3n) is 5.07. The Labute approximate surface area is 221 Å². The Kier molecular flexibility index (Phi) is 9.76. The van der Waals surface area contributed by atoms with E-state index < -0.39 is 10.0 Å². The van der Waals surface area contributed by atoms with E-state index in [1.807, 2.05) is 56.3 Å². The molecule has 0 fully saturated rings. The number of nitrogens with zero attached hydrogens (tertiary/aromatic N) is 6. The fourth-order valence-corrected chi connectivity index (χ4v) is 5.26. The van der Waals surface area contributed by atoms with Crippen LogP contribution in [-0.4, -0.2) is 40.5 Å². The van der Waals surface area contributed by atoms with Gasteiger partial charge in [-0.25, -0.2) is 8.42 Å². The molecule has 2 N–H and O–H groups in total. The maximum Gasteiger partial charge on any atom is 0.432 e. The van der Waals surface area contributed by atoms with Gasteiger partial charge in [-0.05, 0) is 41.1 Å². The lowest BCUT2D eigenvalue weighted by Gasteiger charge is -2.15. The Morgan fingerprint density at radius 2 is 1.95 bits per heavy atom. The van der Waals surface area contributed by atoms with Crippen molar-refractivity contribution in [2.24, 2.45) is 10.2 Å². The minimum Gasteiger partial charge on any atom is -0.494 e.